The van der Waals surface area contributed by atoms with Crippen molar-refractivity contribution in [2.45, 2.75) is 39.7 Å². The lowest BCUT2D eigenvalue weighted by atomic mass is 10.0. The van der Waals surface area contributed by atoms with Crippen molar-refractivity contribution in [3.8, 4) is 0 Å². The molecule has 0 saturated carbocycles. The van der Waals surface area contributed by atoms with E-state index in [-0.39, 0.29) is 30.4 Å². The monoisotopic (exact) mass is 289 g/mol. The smallest absolute Gasteiger partial charge is 0.325 e. The number of fused-ring (bicyclic) bond motifs is 1. The number of benzene rings is 1. The highest BCUT2D eigenvalue weighted by Gasteiger charge is 2.32. The van der Waals surface area contributed by atoms with Gasteiger partial charge in [-0.15, -0.1) is 0 Å². The van der Waals surface area contributed by atoms with E-state index in [9.17, 15) is 9.59 Å². The van der Waals surface area contributed by atoms with E-state index in [4.69, 9.17) is 4.74 Å². The number of rotatable bonds is 5. The van der Waals surface area contributed by atoms with Gasteiger partial charge >= 0.3 is 5.97 Å². The first-order chi connectivity index (χ1) is 10.0. The molecule has 0 N–H and O–H groups in total. The van der Waals surface area contributed by atoms with Crippen molar-refractivity contribution in [2.75, 3.05) is 13.2 Å². The van der Waals surface area contributed by atoms with Crippen molar-refractivity contribution < 1.29 is 14.3 Å². The van der Waals surface area contributed by atoms with Crippen LogP contribution in [0.3, 0.4) is 0 Å². The normalized spacial score (nSPS) is 14.1. The van der Waals surface area contributed by atoms with Gasteiger partial charge in [0.05, 0.1) is 6.61 Å². The van der Waals surface area contributed by atoms with Crippen LogP contribution in [0.4, 0.5) is 0 Å². The van der Waals surface area contributed by atoms with Gasteiger partial charge in [-0.25, -0.2) is 0 Å². The Labute approximate surface area is 126 Å². The summed E-state index contributed by atoms with van der Waals surface area (Å²) in [6.45, 7) is 6.01. The zero-order chi connectivity index (χ0) is 15.4. The number of amides is 1. The first kappa shape index (κ1) is 15.5. The minimum absolute atomic E-state index is 0.00869. The maximum Gasteiger partial charge on any atom is 0.325 e. The zero-order valence-electron chi connectivity index (χ0n) is 13.0. The Balaban J connectivity index is 2.05. The van der Waals surface area contributed by atoms with Crippen LogP contribution in [0.15, 0.2) is 24.3 Å². The Bertz CT molecular complexity index is 500. The number of hydrogen-bond donors (Lipinski definition) is 0. The summed E-state index contributed by atoms with van der Waals surface area (Å²) in [5, 5.41) is 0. The van der Waals surface area contributed by atoms with E-state index in [0.29, 0.717) is 6.61 Å². The molecule has 0 unspecified atom stereocenters. The quantitative estimate of drug-likeness (QED) is 0.781. The van der Waals surface area contributed by atoms with Gasteiger partial charge in [0.25, 0.3) is 0 Å². The lowest BCUT2D eigenvalue weighted by molar-refractivity contribution is -0.151. The Hall–Kier alpha value is -1.84. The van der Waals surface area contributed by atoms with Crippen molar-refractivity contribution in [3.63, 3.8) is 0 Å². The molecule has 1 aromatic carbocycles. The van der Waals surface area contributed by atoms with E-state index in [2.05, 4.69) is 12.1 Å². The summed E-state index contributed by atoms with van der Waals surface area (Å²) in [6.07, 6.45) is 1.53. The van der Waals surface area contributed by atoms with Crippen LogP contribution in [0.25, 0.3) is 0 Å². The van der Waals surface area contributed by atoms with Crippen molar-refractivity contribution in [1.82, 2.24) is 4.90 Å². The largest absolute Gasteiger partial charge is 0.465 e. The molecule has 0 aromatic heterocycles. The number of ether oxygens (including phenoxy) is 1. The van der Waals surface area contributed by atoms with E-state index in [1.807, 2.05) is 26.0 Å². The molecule has 0 bridgehead atoms. The average Bonchev–Trinajstić information content (AvgIpc) is 2.88. The van der Waals surface area contributed by atoms with Gasteiger partial charge in [-0.05, 0) is 44.7 Å². The minimum Gasteiger partial charge on any atom is -0.465 e. The Morgan fingerprint density at radius 2 is 1.81 bits per heavy atom. The molecule has 1 aromatic rings. The highest BCUT2D eigenvalue weighted by Crippen LogP contribution is 2.28. The number of esters is 1. The van der Waals surface area contributed by atoms with Gasteiger partial charge in [0.2, 0.25) is 5.91 Å². The summed E-state index contributed by atoms with van der Waals surface area (Å²) in [4.78, 5) is 26.0. The molecule has 114 valence electrons. The molecular weight excluding hydrogens is 266 g/mol. The second-order valence-corrected chi connectivity index (χ2v) is 5.74. The van der Waals surface area contributed by atoms with Crippen LogP contribution >= 0.6 is 0 Å². The average molecular weight is 289 g/mol. The van der Waals surface area contributed by atoms with Crippen molar-refractivity contribution in [3.05, 3.63) is 35.4 Å². The highest BCUT2D eigenvalue weighted by molar-refractivity contribution is 5.85. The van der Waals surface area contributed by atoms with Crippen molar-refractivity contribution in [2.24, 2.45) is 5.92 Å². The molecule has 1 aliphatic rings. The highest BCUT2D eigenvalue weighted by atomic mass is 16.5. The van der Waals surface area contributed by atoms with E-state index in [1.54, 1.807) is 11.8 Å². The molecule has 0 heterocycles. The number of hydrogen-bond acceptors (Lipinski definition) is 3. The van der Waals surface area contributed by atoms with Crippen molar-refractivity contribution in [1.29, 1.82) is 0 Å². The van der Waals surface area contributed by atoms with E-state index >= 15 is 0 Å². The SMILES string of the molecule is CCOC(=O)CN(C(=O)C1Cc2ccccc2C1)C(C)C. The molecule has 0 aliphatic heterocycles. The molecule has 1 amide bonds. The third kappa shape index (κ3) is 3.63. The number of nitrogens with zero attached hydrogens (tertiary/aromatic N) is 1. The first-order valence-electron chi connectivity index (χ1n) is 7.55. The molecule has 4 nitrogen and oxygen atoms in total. The predicted octanol–water partition coefficient (Wildman–Crippen LogP) is 2.20. The van der Waals surface area contributed by atoms with Crippen LogP contribution < -0.4 is 0 Å². The minimum atomic E-state index is -0.338. The molecule has 0 saturated heterocycles. The van der Waals surface area contributed by atoms with Gasteiger partial charge in [0.15, 0.2) is 0 Å². The zero-order valence-corrected chi connectivity index (χ0v) is 13.0. The molecule has 0 fully saturated rings. The molecule has 21 heavy (non-hydrogen) atoms. The van der Waals surface area contributed by atoms with Gasteiger partial charge in [0, 0.05) is 12.0 Å². The van der Waals surface area contributed by atoms with Gasteiger partial charge in [-0.1, -0.05) is 24.3 Å². The van der Waals surface area contributed by atoms with Gasteiger partial charge in [-0.2, -0.15) is 0 Å². The van der Waals surface area contributed by atoms with Crippen LogP contribution in [-0.2, 0) is 27.2 Å². The summed E-state index contributed by atoms with van der Waals surface area (Å²) in [7, 11) is 0. The van der Waals surface area contributed by atoms with Crippen LogP contribution in [0.1, 0.15) is 31.9 Å². The topological polar surface area (TPSA) is 46.6 Å². The number of carbonyl (C=O) groups is 2. The van der Waals surface area contributed by atoms with E-state index in [0.717, 1.165) is 12.8 Å². The maximum absolute atomic E-state index is 12.7. The standard InChI is InChI=1S/C17H23NO3/c1-4-21-16(19)11-18(12(2)3)17(20)15-9-13-7-5-6-8-14(13)10-15/h5-8,12,15H,4,9-11H2,1-3H3. The predicted molar refractivity (Wildman–Crippen MR) is 80.8 cm³/mol. The number of carbonyl (C=O) groups excluding carboxylic acids is 2. The van der Waals surface area contributed by atoms with Crippen LogP contribution in [0, 0.1) is 5.92 Å². The van der Waals surface area contributed by atoms with E-state index < -0.39 is 0 Å². The summed E-state index contributed by atoms with van der Waals surface area (Å²) in [5.74, 6) is -0.344. The van der Waals surface area contributed by atoms with Crippen LogP contribution in [-0.4, -0.2) is 36.0 Å². The molecule has 0 radical (unpaired) electrons. The summed E-state index contributed by atoms with van der Waals surface area (Å²) < 4.78 is 4.96. The Kier molecular flexibility index (Phi) is 4.99. The lowest BCUT2D eigenvalue weighted by Gasteiger charge is -2.28. The van der Waals surface area contributed by atoms with E-state index in [1.165, 1.54) is 11.1 Å². The van der Waals surface area contributed by atoms with Crippen molar-refractivity contribution >= 4 is 11.9 Å². The second kappa shape index (κ2) is 6.74. The summed E-state index contributed by atoms with van der Waals surface area (Å²) >= 11 is 0. The first-order valence-corrected chi connectivity index (χ1v) is 7.55. The lowest BCUT2D eigenvalue weighted by Crippen LogP contribution is -2.44. The molecule has 2 rings (SSSR count). The third-order valence-corrected chi connectivity index (χ3v) is 3.91. The summed E-state index contributed by atoms with van der Waals surface area (Å²) in [6, 6.07) is 8.15. The molecule has 0 spiro atoms. The fourth-order valence-corrected chi connectivity index (χ4v) is 2.83. The molecule has 4 heteroatoms. The van der Waals surface area contributed by atoms with Crippen LogP contribution in [0.5, 0.6) is 0 Å². The second-order valence-electron chi connectivity index (χ2n) is 5.74. The maximum atomic E-state index is 12.7. The molecule has 1 aliphatic carbocycles. The van der Waals surface area contributed by atoms with Gasteiger partial charge in [0.1, 0.15) is 6.54 Å². The third-order valence-electron chi connectivity index (χ3n) is 3.91. The fourth-order valence-electron chi connectivity index (χ4n) is 2.83. The van der Waals surface area contributed by atoms with Crippen LogP contribution in [0.2, 0.25) is 0 Å². The molecule has 0 atom stereocenters. The summed E-state index contributed by atoms with van der Waals surface area (Å²) in [5.41, 5.74) is 2.49. The Morgan fingerprint density at radius 3 is 2.29 bits per heavy atom. The van der Waals surface area contributed by atoms with Gasteiger partial charge in [-0.3, -0.25) is 9.59 Å². The fraction of sp³-hybridized carbons (Fsp3) is 0.529. The Morgan fingerprint density at radius 1 is 1.24 bits per heavy atom. The molecular formula is C17H23NO3. The van der Waals surface area contributed by atoms with Gasteiger partial charge < -0.3 is 9.64 Å².